The zero-order valence-corrected chi connectivity index (χ0v) is 7.32. The molecule has 1 aromatic heterocycles. The van der Waals surface area contributed by atoms with Crippen LogP contribution in [-0.2, 0) is 19.4 Å². The highest BCUT2D eigenvalue weighted by Crippen LogP contribution is 2.19. The van der Waals surface area contributed by atoms with E-state index in [4.69, 9.17) is 0 Å². The molecule has 1 heterocycles. The Morgan fingerprint density at radius 3 is 3.33 bits per heavy atom. The zero-order chi connectivity index (χ0) is 8.55. The largest absolute Gasteiger partial charge is 0.393 e. The van der Waals surface area contributed by atoms with Gasteiger partial charge in [-0.1, -0.05) is 0 Å². The first-order valence-corrected chi connectivity index (χ1v) is 4.53. The van der Waals surface area contributed by atoms with Gasteiger partial charge in [0, 0.05) is 19.2 Å². The highest BCUT2D eigenvalue weighted by Gasteiger charge is 2.18. The Morgan fingerprint density at radius 1 is 1.75 bits per heavy atom. The van der Waals surface area contributed by atoms with E-state index in [9.17, 15) is 5.11 Å². The predicted octanol–water partition coefficient (Wildman–Crippen LogP) is 0.753. The fourth-order valence-corrected chi connectivity index (χ4v) is 1.70. The molecule has 0 radical (unpaired) electrons. The van der Waals surface area contributed by atoms with Gasteiger partial charge in [-0.15, -0.1) is 0 Å². The lowest BCUT2D eigenvalue weighted by Gasteiger charge is -2.14. The van der Waals surface area contributed by atoms with E-state index in [0.29, 0.717) is 0 Å². The Balaban J connectivity index is 2.28. The predicted molar refractivity (Wildman–Crippen MR) is 45.9 cm³/mol. The molecule has 3 heteroatoms. The SMILES string of the molecule is CCn1cc2c(n1)CCC(O)C2. The summed E-state index contributed by atoms with van der Waals surface area (Å²) >= 11 is 0. The average molecular weight is 166 g/mol. The molecule has 66 valence electrons. The number of aromatic nitrogens is 2. The molecule has 0 aromatic carbocycles. The molecule has 1 unspecified atom stereocenters. The first kappa shape index (κ1) is 7.80. The van der Waals surface area contributed by atoms with Crippen molar-refractivity contribution >= 4 is 0 Å². The van der Waals surface area contributed by atoms with Crippen molar-refractivity contribution in [1.29, 1.82) is 0 Å². The van der Waals surface area contributed by atoms with Crippen molar-refractivity contribution in [1.82, 2.24) is 9.78 Å². The normalized spacial score (nSPS) is 22.3. The van der Waals surface area contributed by atoms with Gasteiger partial charge in [0.15, 0.2) is 0 Å². The molecule has 0 spiro atoms. The van der Waals surface area contributed by atoms with Gasteiger partial charge in [-0.3, -0.25) is 4.68 Å². The second-order valence-corrected chi connectivity index (χ2v) is 3.35. The van der Waals surface area contributed by atoms with E-state index < -0.39 is 0 Å². The Bertz CT molecular complexity index is 280. The van der Waals surface area contributed by atoms with Crippen LogP contribution in [0.5, 0.6) is 0 Å². The quantitative estimate of drug-likeness (QED) is 0.668. The van der Waals surface area contributed by atoms with Crippen LogP contribution in [0.15, 0.2) is 6.20 Å². The van der Waals surface area contributed by atoms with Crippen LogP contribution in [0.25, 0.3) is 0 Å². The molecule has 1 aliphatic carbocycles. The third-order valence-corrected chi connectivity index (χ3v) is 2.42. The molecule has 0 aliphatic heterocycles. The summed E-state index contributed by atoms with van der Waals surface area (Å²) < 4.78 is 1.95. The number of aliphatic hydroxyl groups excluding tert-OH is 1. The van der Waals surface area contributed by atoms with Gasteiger partial charge in [0.25, 0.3) is 0 Å². The molecule has 1 aromatic rings. The van der Waals surface area contributed by atoms with Crippen LogP contribution in [0.3, 0.4) is 0 Å². The lowest BCUT2D eigenvalue weighted by atomic mass is 9.96. The van der Waals surface area contributed by atoms with E-state index in [2.05, 4.69) is 18.2 Å². The molecule has 12 heavy (non-hydrogen) atoms. The van der Waals surface area contributed by atoms with Crippen LogP contribution in [0.2, 0.25) is 0 Å². The van der Waals surface area contributed by atoms with Crippen molar-refractivity contribution in [2.45, 2.75) is 38.8 Å². The molecule has 1 aliphatic rings. The van der Waals surface area contributed by atoms with E-state index in [-0.39, 0.29) is 6.10 Å². The maximum Gasteiger partial charge on any atom is 0.0658 e. The summed E-state index contributed by atoms with van der Waals surface area (Å²) in [5.74, 6) is 0. The number of fused-ring (bicyclic) bond motifs is 1. The summed E-state index contributed by atoms with van der Waals surface area (Å²) in [4.78, 5) is 0. The van der Waals surface area contributed by atoms with Crippen molar-refractivity contribution in [3.63, 3.8) is 0 Å². The molecule has 0 fully saturated rings. The number of rotatable bonds is 1. The molecule has 2 rings (SSSR count). The van der Waals surface area contributed by atoms with Crippen molar-refractivity contribution in [3.05, 3.63) is 17.5 Å². The minimum atomic E-state index is -0.146. The molecule has 0 saturated heterocycles. The second kappa shape index (κ2) is 2.90. The minimum absolute atomic E-state index is 0.146. The number of aliphatic hydroxyl groups is 1. The molecule has 0 saturated carbocycles. The summed E-state index contributed by atoms with van der Waals surface area (Å²) in [5, 5.41) is 13.8. The average Bonchev–Trinajstić information content (AvgIpc) is 2.46. The van der Waals surface area contributed by atoms with Crippen LogP contribution in [0.4, 0.5) is 0 Å². The number of hydrogen-bond acceptors (Lipinski definition) is 2. The molecule has 0 bridgehead atoms. The maximum absolute atomic E-state index is 9.40. The number of nitrogens with zero attached hydrogens (tertiary/aromatic N) is 2. The third-order valence-electron chi connectivity index (χ3n) is 2.42. The lowest BCUT2D eigenvalue weighted by molar-refractivity contribution is 0.158. The highest BCUT2D eigenvalue weighted by molar-refractivity contribution is 5.21. The minimum Gasteiger partial charge on any atom is -0.393 e. The summed E-state index contributed by atoms with van der Waals surface area (Å²) in [6.07, 6.45) is 4.50. The van der Waals surface area contributed by atoms with Gasteiger partial charge in [0.1, 0.15) is 0 Å². The van der Waals surface area contributed by atoms with Gasteiger partial charge >= 0.3 is 0 Å². The zero-order valence-electron chi connectivity index (χ0n) is 7.32. The van der Waals surface area contributed by atoms with Gasteiger partial charge in [-0.05, 0) is 25.3 Å². The van der Waals surface area contributed by atoms with Crippen LogP contribution < -0.4 is 0 Å². The summed E-state index contributed by atoms with van der Waals surface area (Å²) in [7, 11) is 0. The van der Waals surface area contributed by atoms with Crippen LogP contribution in [0.1, 0.15) is 24.6 Å². The van der Waals surface area contributed by atoms with Crippen LogP contribution >= 0.6 is 0 Å². The Kier molecular flexibility index (Phi) is 1.89. The summed E-state index contributed by atoms with van der Waals surface area (Å²) in [6, 6.07) is 0. The monoisotopic (exact) mass is 166 g/mol. The molecular weight excluding hydrogens is 152 g/mol. The van der Waals surface area contributed by atoms with Gasteiger partial charge in [0.05, 0.1) is 11.8 Å². The third kappa shape index (κ3) is 1.25. The van der Waals surface area contributed by atoms with E-state index in [1.807, 2.05) is 4.68 Å². The smallest absolute Gasteiger partial charge is 0.0658 e. The van der Waals surface area contributed by atoms with E-state index in [1.165, 1.54) is 11.3 Å². The molecule has 0 amide bonds. The van der Waals surface area contributed by atoms with Crippen molar-refractivity contribution in [3.8, 4) is 0 Å². The Labute approximate surface area is 72.0 Å². The van der Waals surface area contributed by atoms with Gasteiger partial charge in [-0.25, -0.2) is 0 Å². The van der Waals surface area contributed by atoms with E-state index in [0.717, 1.165) is 25.8 Å². The topological polar surface area (TPSA) is 38.0 Å². The van der Waals surface area contributed by atoms with Gasteiger partial charge < -0.3 is 5.11 Å². The van der Waals surface area contributed by atoms with E-state index in [1.54, 1.807) is 0 Å². The van der Waals surface area contributed by atoms with Crippen LogP contribution in [0, 0.1) is 0 Å². The fourth-order valence-electron chi connectivity index (χ4n) is 1.70. The van der Waals surface area contributed by atoms with Crippen molar-refractivity contribution in [2.75, 3.05) is 0 Å². The Hall–Kier alpha value is -0.830. The number of aryl methyl sites for hydroxylation is 2. The molecule has 1 atom stereocenters. The lowest BCUT2D eigenvalue weighted by Crippen LogP contribution is -2.17. The molecule has 3 nitrogen and oxygen atoms in total. The van der Waals surface area contributed by atoms with Gasteiger partial charge in [-0.2, -0.15) is 5.10 Å². The maximum atomic E-state index is 9.40. The summed E-state index contributed by atoms with van der Waals surface area (Å²) in [6.45, 7) is 3.00. The van der Waals surface area contributed by atoms with Crippen molar-refractivity contribution in [2.24, 2.45) is 0 Å². The van der Waals surface area contributed by atoms with Gasteiger partial charge in [0.2, 0.25) is 0 Å². The number of hydrogen-bond donors (Lipinski definition) is 1. The molecule has 1 N–H and O–H groups in total. The summed E-state index contributed by atoms with van der Waals surface area (Å²) in [5.41, 5.74) is 2.41. The first-order valence-electron chi connectivity index (χ1n) is 4.53. The standard InChI is InChI=1S/C9H14N2O/c1-2-11-6-7-5-8(12)3-4-9(7)10-11/h6,8,12H,2-5H2,1H3. The fraction of sp³-hybridized carbons (Fsp3) is 0.667. The second-order valence-electron chi connectivity index (χ2n) is 3.35. The highest BCUT2D eigenvalue weighted by atomic mass is 16.3. The van der Waals surface area contributed by atoms with E-state index >= 15 is 0 Å². The Morgan fingerprint density at radius 2 is 2.58 bits per heavy atom. The van der Waals surface area contributed by atoms with Crippen LogP contribution in [-0.4, -0.2) is 21.0 Å². The first-order chi connectivity index (χ1) is 5.79. The molecular formula is C9H14N2O. The van der Waals surface area contributed by atoms with Crippen molar-refractivity contribution < 1.29 is 5.11 Å².